The first-order chi connectivity index (χ1) is 15.4. The Morgan fingerprint density at radius 2 is 1.94 bits per heavy atom. The van der Waals surface area contributed by atoms with Gasteiger partial charge < -0.3 is 20.3 Å². The highest BCUT2D eigenvalue weighted by Crippen LogP contribution is 2.32. The Hall–Kier alpha value is -2.99. The van der Waals surface area contributed by atoms with E-state index in [4.69, 9.17) is 16.3 Å². The summed E-state index contributed by atoms with van der Waals surface area (Å²) in [5.74, 6) is -0.126. The molecule has 4 rings (SSSR count). The zero-order valence-electron chi connectivity index (χ0n) is 18.3. The van der Waals surface area contributed by atoms with E-state index in [9.17, 15) is 9.59 Å². The Morgan fingerprint density at radius 3 is 2.66 bits per heavy atom. The Bertz CT molecular complexity index is 1020. The lowest BCUT2D eigenvalue weighted by molar-refractivity contribution is -0.134. The molecule has 6 nitrogen and oxygen atoms in total. The Balaban J connectivity index is 1.33. The number of fused-ring (bicyclic) bond motifs is 1. The van der Waals surface area contributed by atoms with Gasteiger partial charge in [-0.25, -0.2) is 0 Å². The fourth-order valence-electron chi connectivity index (χ4n) is 4.21. The Morgan fingerprint density at radius 1 is 1.19 bits per heavy atom. The van der Waals surface area contributed by atoms with E-state index in [1.54, 1.807) is 12.1 Å². The molecule has 2 aromatic carbocycles. The van der Waals surface area contributed by atoms with Crippen LogP contribution in [0.2, 0.25) is 5.02 Å². The number of morpholine rings is 1. The third-order valence-corrected chi connectivity index (χ3v) is 6.43. The third-order valence-electron chi connectivity index (χ3n) is 6.09. The maximum absolute atomic E-state index is 12.7. The van der Waals surface area contributed by atoms with E-state index >= 15 is 0 Å². The zero-order valence-corrected chi connectivity index (χ0v) is 19.1. The minimum atomic E-state index is -0.270. The summed E-state index contributed by atoms with van der Waals surface area (Å²) in [6, 6.07) is 15.3. The highest BCUT2D eigenvalue weighted by molar-refractivity contribution is 6.32. The number of halogens is 1. The summed E-state index contributed by atoms with van der Waals surface area (Å²) >= 11 is 6.20. The molecule has 0 spiro atoms. The van der Waals surface area contributed by atoms with E-state index in [2.05, 4.69) is 10.6 Å². The highest BCUT2D eigenvalue weighted by Gasteiger charge is 2.40. The molecule has 1 saturated carbocycles. The molecule has 168 valence electrons. The number of carbonyl (C=O) groups excluding carboxylic acids is 2. The number of hydrogen-bond donors (Lipinski definition) is 2. The van der Waals surface area contributed by atoms with Crippen LogP contribution in [-0.4, -0.2) is 38.1 Å². The molecule has 2 N–H and O–H groups in total. The molecule has 1 aliphatic carbocycles. The minimum Gasteiger partial charge on any atom is -0.483 e. The number of amides is 2. The fraction of sp³-hybridized carbons (Fsp3) is 0.360. The number of hydrogen-bond acceptors (Lipinski definition) is 4. The minimum absolute atomic E-state index is 0.0202. The van der Waals surface area contributed by atoms with Gasteiger partial charge in [0.15, 0.2) is 5.76 Å². The van der Waals surface area contributed by atoms with Gasteiger partial charge >= 0.3 is 0 Å². The van der Waals surface area contributed by atoms with E-state index in [0.717, 1.165) is 23.2 Å². The normalized spacial score (nSPS) is 23.7. The second-order valence-electron chi connectivity index (χ2n) is 8.56. The van der Waals surface area contributed by atoms with Crippen LogP contribution in [-0.2, 0) is 20.9 Å². The summed E-state index contributed by atoms with van der Waals surface area (Å²) in [6.45, 7) is 0.491. The van der Waals surface area contributed by atoms with Crippen LogP contribution in [0.3, 0.4) is 0 Å². The first-order valence-corrected chi connectivity index (χ1v) is 11.3. The molecule has 1 heterocycles. The van der Waals surface area contributed by atoms with Gasteiger partial charge in [0.2, 0.25) is 5.91 Å². The molecule has 2 aliphatic rings. The van der Waals surface area contributed by atoms with Crippen LogP contribution in [0.15, 0.2) is 54.3 Å². The standard InChI is InChI=1S/C25H28ClN3O3/c1-29(2)19-10-7-16(8-11-19)15-27-24(30)18-9-12-22-21(13-18)28-25(31)23(32-22)14-17-5-3-4-6-20(17)26/h3-8,10-11,14,18,21-22H,9,12-13,15H2,1-2H3,(H,27,30)(H,28,31)/b23-14+. The van der Waals surface area contributed by atoms with Crippen molar-refractivity contribution in [2.24, 2.45) is 5.92 Å². The van der Waals surface area contributed by atoms with Crippen LogP contribution in [0, 0.1) is 5.92 Å². The second-order valence-corrected chi connectivity index (χ2v) is 8.96. The molecular formula is C25H28ClN3O3. The number of nitrogens with zero attached hydrogens (tertiary/aromatic N) is 1. The maximum Gasteiger partial charge on any atom is 0.286 e. The molecule has 7 heteroatoms. The first-order valence-electron chi connectivity index (χ1n) is 10.9. The number of benzene rings is 2. The topological polar surface area (TPSA) is 70.7 Å². The van der Waals surface area contributed by atoms with Crippen molar-refractivity contribution in [3.05, 3.63) is 70.4 Å². The molecule has 1 aliphatic heterocycles. The van der Waals surface area contributed by atoms with Crippen molar-refractivity contribution in [2.75, 3.05) is 19.0 Å². The quantitative estimate of drug-likeness (QED) is 0.676. The average Bonchev–Trinajstić information content (AvgIpc) is 2.79. The molecule has 3 unspecified atom stereocenters. The molecule has 32 heavy (non-hydrogen) atoms. The summed E-state index contributed by atoms with van der Waals surface area (Å²) in [5, 5.41) is 6.63. The second kappa shape index (κ2) is 9.65. The zero-order chi connectivity index (χ0) is 22.7. The van der Waals surface area contributed by atoms with Crippen LogP contribution in [0.1, 0.15) is 30.4 Å². The van der Waals surface area contributed by atoms with Crippen molar-refractivity contribution in [1.82, 2.24) is 10.6 Å². The van der Waals surface area contributed by atoms with E-state index in [1.165, 1.54) is 0 Å². The van der Waals surface area contributed by atoms with E-state index in [1.807, 2.05) is 61.5 Å². The summed E-state index contributed by atoms with van der Waals surface area (Å²) in [4.78, 5) is 27.4. The van der Waals surface area contributed by atoms with Gasteiger partial charge in [-0.1, -0.05) is 41.9 Å². The van der Waals surface area contributed by atoms with E-state index in [0.29, 0.717) is 24.4 Å². The van der Waals surface area contributed by atoms with Crippen LogP contribution in [0.5, 0.6) is 0 Å². The van der Waals surface area contributed by atoms with Gasteiger partial charge in [0.1, 0.15) is 6.10 Å². The van der Waals surface area contributed by atoms with E-state index in [-0.39, 0.29) is 35.6 Å². The lowest BCUT2D eigenvalue weighted by Gasteiger charge is -2.39. The van der Waals surface area contributed by atoms with Gasteiger partial charge in [0, 0.05) is 37.3 Å². The molecular weight excluding hydrogens is 426 g/mol. The Kier molecular flexibility index (Phi) is 6.70. The van der Waals surface area contributed by atoms with Gasteiger partial charge in [-0.2, -0.15) is 0 Å². The molecule has 0 bridgehead atoms. The van der Waals surface area contributed by atoms with Crippen molar-refractivity contribution < 1.29 is 14.3 Å². The van der Waals surface area contributed by atoms with Gasteiger partial charge in [0.25, 0.3) is 5.91 Å². The number of anilines is 1. The van der Waals surface area contributed by atoms with Crippen molar-refractivity contribution in [2.45, 2.75) is 38.0 Å². The third kappa shape index (κ3) is 5.07. The van der Waals surface area contributed by atoms with Crippen LogP contribution in [0.4, 0.5) is 5.69 Å². The van der Waals surface area contributed by atoms with Crippen LogP contribution in [0.25, 0.3) is 6.08 Å². The predicted molar refractivity (Wildman–Crippen MR) is 126 cm³/mol. The van der Waals surface area contributed by atoms with Gasteiger partial charge in [-0.05, 0) is 54.7 Å². The van der Waals surface area contributed by atoms with Crippen molar-refractivity contribution in [3.8, 4) is 0 Å². The summed E-state index contributed by atoms with van der Waals surface area (Å²) in [6.07, 6.45) is 3.54. The number of ether oxygens (including phenoxy) is 1. The SMILES string of the molecule is CN(C)c1ccc(CNC(=O)C2CCC3O/C(=C/c4ccccc4Cl)C(=O)NC3C2)cc1. The summed E-state index contributed by atoms with van der Waals surface area (Å²) in [5.41, 5.74) is 2.92. The molecule has 2 aromatic rings. The Labute approximate surface area is 193 Å². The predicted octanol–water partition coefficient (Wildman–Crippen LogP) is 3.75. The number of nitrogens with one attached hydrogen (secondary N) is 2. The molecule has 3 atom stereocenters. The maximum atomic E-state index is 12.7. The van der Waals surface area contributed by atoms with Crippen LogP contribution >= 0.6 is 11.6 Å². The monoisotopic (exact) mass is 453 g/mol. The molecule has 2 amide bonds. The van der Waals surface area contributed by atoms with Gasteiger partial charge in [-0.3, -0.25) is 9.59 Å². The number of rotatable bonds is 5. The van der Waals surface area contributed by atoms with Crippen molar-refractivity contribution in [1.29, 1.82) is 0 Å². The smallest absolute Gasteiger partial charge is 0.286 e. The summed E-state index contributed by atoms with van der Waals surface area (Å²) in [7, 11) is 3.99. The average molecular weight is 454 g/mol. The lowest BCUT2D eigenvalue weighted by Crippen LogP contribution is -2.54. The van der Waals surface area contributed by atoms with Gasteiger partial charge in [-0.15, -0.1) is 0 Å². The van der Waals surface area contributed by atoms with Crippen LogP contribution < -0.4 is 15.5 Å². The summed E-state index contributed by atoms with van der Waals surface area (Å²) < 4.78 is 6.00. The molecule has 0 aromatic heterocycles. The number of carbonyl (C=O) groups is 2. The largest absolute Gasteiger partial charge is 0.483 e. The van der Waals surface area contributed by atoms with Crippen molar-refractivity contribution in [3.63, 3.8) is 0 Å². The lowest BCUT2D eigenvalue weighted by atomic mass is 9.82. The van der Waals surface area contributed by atoms with Gasteiger partial charge in [0.05, 0.1) is 6.04 Å². The van der Waals surface area contributed by atoms with E-state index < -0.39 is 0 Å². The first kappa shape index (κ1) is 22.2. The highest BCUT2D eigenvalue weighted by atomic mass is 35.5. The van der Waals surface area contributed by atoms with Crippen molar-refractivity contribution >= 4 is 35.2 Å². The molecule has 2 fully saturated rings. The fourth-order valence-corrected chi connectivity index (χ4v) is 4.40. The molecule has 1 saturated heterocycles. The molecule has 0 radical (unpaired) electrons.